The number of hydrogen-bond acceptors (Lipinski definition) is 4. The van der Waals surface area contributed by atoms with E-state index in [1.165, 1.54) is 6.26 Å². The third-order valence-electron chi connectivity index (χ3n) is 3.91. The van der Waals surface area contributed by atoms with Gasteiger partial charge in [0.2, 0.25) is 0 Å². The smallest absolute Gasteiger partial charge is 0.175 e. The maximum Gasteiger partial charge on any atom is 0.175 e. The highest BCUT2D eigenvalue weighted by Gasteiger charge is 2.08. The van der Waals surface area contributed by atoms with E-state index in [1.54, 1.807) is 24.3 Å². The molecule has 0 unspecified atom stereocenters. The van der Waals surface area contributed by atoms with Gasteiger partial charge in [-0.1, -0.05) is 35.9 Å². The van der Waals surface area contributed by atoms with E-state index in [2.05, 4.69) is 11.9 Å². The second-order valence-corrected chi connectivity index (χ2v) is 8.52. The molecule has 0 radical (unpaired) electrons. The standard InChI is InChI=1S/C19H24ClNO3S/c1-21(13-11-16-7-3-4-10-19(16)20)12-6-14-24-17-8-5-9-18(15-17)25(2,22)23/h3-5,7-10,15H,6,11-14H2,1-2H3. The Balaban J connectivity index is 1.71. The molecular weight excluding hydrogens is 358 g/mol. The quantitative estimate of drug-likeness (QED) is 0.621. The summed E-state index contributed by atoms with van der Waals surface area (Å²) in [5.74, 6) is 0.585. The molecule has 2 aromatic rings. The number of benzene rings is 2. The van der Waals surface area contributed by atoms with Crippen molar-refractivity contribution in [3.63, 3.8) is 0 Å². The minimum Gasteiger partial charge on any atom is -0.494 e. The van der Waals surface area contributed by atoms with Crippen LogP contribution in [0.15, 0.2) is 53.4 Å². The summed E-state index contributed by atoms with van der Waals surface area (Å²) in [6.07, 6.45) is 2.97. The lowest BCUT2D eigenvalue weighted by Crippen LogP contribution is -2.23. The van der Waals surface area contributed by atoms with Crippen LogP contribution < -0.4 is 4.74 Å². The van der Waals surface area contributed by atoms with E-state index in [0.29, 0.717) is 12.4 Å². The highest BCUT2D eigenvalue weighted by molar-refractivity contribution is 7.90. The molecule has 0 aromatic heterocycles. The van der Waals surface area contributed by atoms with Gasteiger partial charge in [0.1, 0.15) is 5.75 Å². The Kier molecular flexibility index (Phi) is 7.29. The molecule has 0 heterocycles. The summed E-state index contributed by atoms with van der Waals surface area (Å²) in [5, 5.41) is 0.810. The molecule has 0 bridgehead atoms. The van der Waals surface area contributed by atoms with Gasteiger partial charge in [-0.3, -0.25) is 0 Å². The minimum atomic E-state index is -3.21. The van der Waals surface area contributed by atoms with E-state index in [4.69, 9.17) is 16.3 Å². The predicted molar refractivity (Wildman–Crippen MR) is 102 cm³/mol. The normalized spacial score (nSPS) is 11.7. The molecule has 25 heavy (non-hydrogen) atoms. The van der Waals surface area contributed by atoms with Crippen LogP contribution in [0, 0.1) is 0 Å². The summed E-state index contributed by atoms with van der Waals surface area (Å²) >= 11 is 6.17. The number of sulfone groups is 1. The fourth-order valence-corrected chi connectivity index (χ4v) is 3.33. The highest BCUT2D eigenvalue weighted by Crippen LogP contribution is 2.18. The van der Waals surface area contributed by atoms with Crippen LogP contribution in [0.3, 0.4) is 0 Å². The van der Waals surface area contributed by atoms with E-state index in [-0.39, 0.29) is 4.90 Å². The predicted octanol–water partition coefficient (Wildman–Crippen LogP) is 3.69. The molecule has 4 nitrogen and oxygen atoms in total. The molecule has 0 aliphatic heterocycles. The van der Waals surface area contributed by atoms with Crippen molar-refractivity contribution in [1.82, 2.24) is 4.90 Å². The lowest BCUT2D eigenvalue weighted by Gasteiger charge is -2.17. The first-order valence-electron chi connectivity index (χ1n) is 8.21. The average molecular weight is 382 g/mol. The van der Waals surface area contributed by atoms with Crippen molar-refractivity contribution in [2.24, 2.45) is 0 Å². The van der Waals surface area contributed by atoms with Gasteiger partial charge in [-0.25, -0.2) is 8.42 Å². The first-order chi connectivity index (χ1) is 11.9. The molecule has 0 aliphatic carbocycles. The molecular formula is C19H24ClNO3S. The van der Waals surface area contributed by atoms with Gasteiger partial charge in [-0.2, -0.15) is 0 Å². The molecule has 0 aliphatic rings. The molecule has 0 N–H and O–H groups in total. The fraction of sp³-hybridized carbons (Fsp3) is 0.368. The first kappa shape index (κ1) is 19.8. The average Bonchev–Trinajstić information content (AvgIpc) is 2.57. The summed E-state index contributed by atoms with van der Waals surface area (Å²) in [6.45, 7) is 2.37. The molecule has 6 heteroatoms. The Hall–Kier alpha value is -1.56. The van der Waals surface area contributed by atoms with Crippen LogP contribution in [-0.2, 0) is 16.3 Å². The summed E-state index contributed by atoms with van der Waals surface area (Å²) < 4.78 is 28.8. The number of likely N-dealkylation sites (N-methyl/N-ethyl adjacent to an activating group) is 1. The van der Waals surface area contributed by atoms with Crippen molar-refractivity contribution in [2.75, 3.05) is 33.0 Å². The van der Waals surface area contributed by atoms with Gasteiger partial charge in [-0.15, -0.1) is 0 Å². The van der Waals surface area contributed by atoms with Gasteiger partial charge < -0.3 is 9.64 Å². The number of ether oxygens (including phenoxy) is 1. The van der Waals surface area contributed by atoms with Crippen molar-refractivity contribution >= 4 is 21.4 Å². The Labute approximate surface area is 155 Å². The number of hydrogen-bond donors (Lipinski definition) is 0. The number of rotatable bonds is 9. The van der Waals surface area contributed by atoms with Gasteiger partial charge in [0.15, 0.2) is 9.84 Å². The fourth-order valence-electron chi connectivity index (χ4n) is 2.44. The van der Waals surface area contributed by atoms with E-state index < -0.39 is 9.84 Å². The van der Waals surface area contributed by atoms with Crippen LogP contribution in [-0.4, -0.2) is 46.3 Å². The molecule has 0 spiro atoms. The molecule has 2 rings (SSSR count). The molecule has 2 aromatic carbocycles. The molecule has 0 atom stereocenters. The lowest BCUT2D eigenvalue weighted by atomic mass is 10.1. The SMILES string of the molecule is CN(CCCOc1cccc(S(C)(=O)=O)c1)CCc1ccccc1Cl. The zero-order valence-electron chi connectivity index (χ0n) is 14.6. The largest absolute Gasteiger partial charge is 0.494 e. The summed E-state index contributed by atoms with van der Waals surface area (Å²) in [4.78, 5) is 2.52. The zero-order chi connectivity index (χ0) is 18.3. The van der Waals surface area contributed by atoms with Crippen LogP contribution in [0.2, 0.25) is 5.02 Å². The van der Waals surface area contributed by atoms with E-state index in [9.17, 15) is 8.42 Å². The van der Waals surface area contributed by atoms with Crippen molar-refractivity contribution in [1.29, 1.82) is 0 Å². The van der Waals surface area contributed by atoms with Gasteiger partial charge in [0.05, 0.1) is 11.5 Å². The maximum atomic E-state index is 11.5. The van der Waals surface area contributed by atoms with Crippen molar-refractivity contribution in [3.05, 3.63) is 59.1 Å². The Bertz CT molecular complexity index is 793. The molecule has 0 saturated carbocycles. The molecule has 0 amide bonds. The van der Waals surface area contributed by atoms with Crippen LogP contribution >= 0.6 is 11.6 Å². The van der Waals surface area contributed by atoms with Crippen molar-refractivity contribution in [2.45, 2.75) is 17.7 Å². The zero-order valence-corrected chi connectivity index (χ0v) is 16.2. The second-order valence-electron chi connectivity index (χ2n) is 6.09. The molecule has 136 valence electrons. The van der Waals surface area contributed by atoms with Crippen LogP contribution in [0.4, 0.5) is 0 Å². The summed E-state index contributed by atoms with van der Waals surface area (Å²) in [7, 11) is -1.14. The van der Waals surface area contributed by atoms with E-state index in [1.807, 2.05) is 24.3 Å². The molecule has 0 saturated heterocycles. The third kappa shape index (κ3) is 6.69. The first-order valence-corrected chi connectivity index (χ1v) is 10.5. The van der Waals surface area contributed by atoms with Crippen LogP contribution in [0.1, 0.15) is 12.0 Å². The number of nitrogens with zero attached hydrogens (tertiary/aromatic N) is 1. The Morgan fingerprint density at radius 1 is 1.08 bits per heavy atom. The maximum absolute atomic E-state index is 11.5. The lowest BCUT2D eigenvalue weighted by molar-refractivity contribution is 0.263. The van der Waals surface area contributed by atoms with Gasteiger partial charge in [0.25, 0.3) is 0 Å². The van der Waals surface area contributed by atoms with Crippen molar-refractivity contribution < 1.29 is 13.2 Å². The minimum absolute atomic E-state index is 0.279. The van der Waals surface area contributed by atoms with Crippen LogP contribution in [0.5, 0.6) is 5.75 Å². The van der Waals surface area contributed by atoms with Gasteiger partial charge in [-0.05, 0) is 49.7 Å². The van der Waals surface area contributed by atoms with E-state index >= 15 is 0 Å². The Morgan fingerprint density at radius 3 is 2.56 bits per heavy atom. The molecule has 0 fully saturated rings. The highest BCUT2D eigenvalue weighted by atomic mass is 35.5. The Morgan fingerprint density at radius 2 is 1.84 bits per heavy atom. The summed E-state index contributed by atoms with van der Waals surface area (Å²) in [5.41, 5.74) is 1.16. The second kappa shape index (κ2) is 9.22. The summed E-state index contributed by atoms with van der Waals surface area (Å²) in [6, 6.07) is 14.5. The van der Waals surface area contributed by atoms with E-state index in [0.717, 1.165) is 36.5 Å². The topological polar surface area (TPSA) is 46.6 Å². The van der Waals surface area contributed by atoms with Gasteiger partial charge >= 0.3 is 0 Å². The number of halogens is 1. The van der Waals surface area contributed by atoms with Gasteiger partial charge in [0, 0.05) is 24.4 Å². The van der Waals surface area contributed by atoms with Crippen LogP contribution in [0.25, 0.3) is 0 Å². The van der Waals surface area contributed by atoms with Crippen molar-refractivity contribution in [3.8, 4) is 5.75 Å². The third-order valence-corrected chi connectivity index (χ3v) is 5.39. The monoisotopic (exact) mass is 381 g/mol.